The molecule has 1 atom stereocenters. The van der Waals surface area contributed by atoms with E-state index >= 15 is 0 Å². The van der Waals surface area contributed by atoms with Crippen molar-refractivity contribution in [2.75, 3.05) is 13.6 Å². The van der Waals surface area contributed by atoms with Gasteiger partial charge in [-0.3, -0.25) is 4.79 Å². The van der Waals surface area contributed by atoms with Crippen LogP contribution in [-0.4, -0.2) is 30.4 Å². The van der Waals surface area contributed by atoms with Gasteiger partial charge < -0.3 is 10.6 Å². The van der Waals surface area contributed by atoms with E-state index in [2.05, 4.69) is 13.8 Å². The molecule has 1 unspecified atom stereocenters. The van der Waals surface area contributed by atoms with E-state index < -0.39 is 5.41 Å². The standard InChI is InChI=1S/C17H27ClN2O/c1-12(2)15(19)10-11-20(5)16(21)17(3,4)13-6-8-14(18)9-7-13/h6-9,12,15H,10-11,19H2,1-5H3. The summed E-state index contributed by atoms with van der Waals surface area (Å²) in [6.07, 6.45) is 0.816. The molecule has 0 aliphatic heterocycles. The second-order valence-corrected chi connectivity index (χ2v) is 6.99. The molecule has 0 aromatic heterocycles. The summed E-state index contributed by atoms with van der Waals surface area (Å²) in [6, 6.07) is 7.59. The first-order valence-corrected chi connectivity index (χ1v) is 7.81. The van der Waals surface area contributed by atoms with Crippen LogP contribution < -0.4 is 5.73 Å². The fourth-order valence-electron chi connectivity index (χ4n) is 2.24. The number of hydrogen-bond acceptors (Lipinski definition) is 2. The van der Waals surface area contributed by atoms with Gasteiger partial charge in [0.1, 0.15) is 0 Å². The van der Waals surface area contributed by atoms with Gasteiger partial charge in [0.2, 0.25) is 5.91 Å². The summed E-state index contributed by atoms with van der Waals surface area (Å²) < 4.78 is 0. The molecule has 118 valence electrons. The summed E-state index contributed by atoms with van der Waals surface area (Å²) in [5.74, 6) is 0.526. The number of nitrogens with two attached hydrogens (primary N) is 1. The van der Waals surface area contributed by atoms with Crippen LogP contribution in [0, 0.1) is 5.92 Å². The zero-order valence-corrected chi connectivity index (χ0v) is 14.4. The maximum atomic E-state index is 12.7. The molecule has 0 spiro atoms. The van der Waals surface area contributed by atoms with Crippen molar-refractivity contribution in [3.8, 4) is 0 Å². The molecule has 1 aromatic rings. The van der Waals surface area contributed by atoms with Crippen molar-refractivity contribution in [3.05, 3.63) is 34.9 Å². The third kappa shape index (κ3) is 4.72. The first kappa shape index (κ1) is 18.0. The van der Waals surface area contributed by atoms with Crippen LogP contribution in [0.5, 0.6) is 0 Å². The highest BCUT2D eigenvalue weighted by Crippen LogP contribution is 2.26. The van der Waals surface area contributed by atoms with E-state index in [0.717, 1.165) is 12.0 Å². The molecule has 1 amide bonds. The monoisotopic (exact) mass is 310 g/mol. The molecule has 0 aliphatic carbocycles. The van der Waals surface area contributed by atoms with Gasteiger partial charge in [0.25, 0.3) is 0 Å². The lowest BCUT2D eigenvalue weighted by Gasteiger charge is -2.31. The lowest BCUT2D eigenvalue weighted by atomic mass is 9.83. The summed E-state index contributed by atoms with van der Waals surface area (Å²) in [5, 5.41) is 0.679. The SMILES string of the molecule is CC(C)C(N)CCN(C)C(=O)C(C)(C)c1ccc(Cl)cc1. The van der Waals surface area contributed by atoms with Crippen molar-refractivity contribution in [2.24, 2.45) is 11.7 Å². The van der Waals surface area contributed by atoms with Crippen LogP contribution in [0.1, 0.15) is 39.7 Å². The molecule has 0 saturated carbocycles. The number of carbonyl (C=O) groups is 1. The van der Waals surface area contributed by atoms with E-state index in [4.69, 9.17) is 17.3 Å². The molecule has 21 heavy (non-hydrogen) atoms. The van der Waals surface area contributed by atoms with Crippen molar-refractivity contribution in [1.29, 1.82) is 0 Å². The van der Waals surface area contributed by atoms with Crippen LogP contribution >= 0.6 is 11.6 Å². The summed E-state index contributed by atoms with van der Waals surface area (Å²) in [6.45, 7) is 8.76. The Balaban J connectivity index is 2.73. The van der Waals surface area contributed by atoms with Crippen molar-refractivity contribution in [1.82, 2.24) is 4.90 Å². The lowest BCUT2D eigenvalue weighted by Crippen LogP contribution is -2.43. The maximum Gasteiger partial charge on any atom is 0.232 e. The minimum Gasteiger partial charge on any atom is -0.345 e. The van der Waals surface area contributed by atoms with E-state index in [0.29, 0.717) is 17.5 Å². The van der Waals surface area contributed by atoms with Crippen LogP contribution in [0.3, 0.4) is 0 Å². The molecule has 0 aliphatic rings. The Kier molecular flexibility index (Phi) is 6.24. The fraction of sp³-hybridized carbons (Fsp3) is 0.588. The zero-order chi connectivity index (χ0) is 16.2. The molecule has 0 heterocycles. The molecule has 0 saturated heterocycles. The zero-order valence-electron chi connectivity index (χ0n) is 13.7. The molecular weight excluding hydrogens is 284 g/mol. The summed E-state index contributed by atoms with van der Waals surface area (Å²) in [4.78, 5) is 14.5. The summed E-state index contributed by atoms with van der Waals surface area (Å²) in [5.41, 5.74) is 6.45. The smallest absolute Gasteiger partial charge is 0.232 e. The average Bonchev–Trinajstić information content (AvgIpc) is 2.43. The van der Waals surface area contributed by atoms with Crippen molar-refractivity contribution < 1.29 is 4.79 Å². The Morgan fingerprint density at radius 3 is 2.29 bits per heavy atom. The molecule has 3 nitrogen and oxygen atoms in total. The molecule has 1 rings (SSSR count). The topological polar surface area (TPSA) is 46.3 Å². The van der Waals surface area contributed by atoms with Gasteiger partial charge in [-0.15, -0.1) is 0 Å². The molecule has 1 aromatic carbocycles. The van der Waals surface area contributed by atoms with E-state index in [1.54, 1.807) is 4.90 Å². The van der Waals surface area contributed by atoms with Gasteiger partial charge in [-0.1, -0.05) is 37.6 Å². The first-order valence-electron chi connectivity index (χ1n) is 7.43. The Morgan fingerprint density at radius 1 is 1.29 bits per heavy atom. The van der Waals surface area contributed by atoms with Gasteiger partial charge >= 0.3 is 0 Å². The first-order chi connectivity index (χ1) is 9.66. The molecule has 0 fully saturated rings. The minimum absolute atomic E-state index is 0.0979. The van der Waals surface area contributed by atoms with Gasteiger partial charge in [0, 0.05) is 24.7 Å². The number of hydrogen-bond donors (Lipinski definition) is 1. The Morgan fingerprint density at radius 2 is 1.81 bits per heavy atom. The Hall–Kier alpha value is -1.06. The summed E-state index contributed by atoms with van der Waals surface area (Å²) >= 11 is 5.91. The third-order valence-electron chi connectivity index (χ3n) is 4.10. The number of carbonyl (C=O) groups excluding carboxylic acids is 1. The van der Waals surface area contributed by atoms with Crippen molar-refractivity contribution in [3.63, 3.8) is 0 Å². The number of rotatable bonds is 6. The van der Waals surface area contributed by atoms with Gasteiger partial charge in [-0.2, -0.15) is 0 Å². The second kappa shape index (κ2) is 7.28. The number of amides is 1. The average molecular weight is 311 g/mol. The predicted molar refractivity (Wildman–Crippen MR) is 89.5 cm³/mol. The predicted octanol–water partition coefficient (Wildman–Crippen LogP) is 3.45. The van der Waals surface area contributed by atoms with Crippen LogP contribution in [0.25, 0.3) is 0 Å². The Labute approximate surface area is 133 Å². The van der Waals surface area contributed by atoms with E-state index in [1.807, 2.05) is 45.2 Å². The van der Waals surface area contributed by atoms with E-state index in [9.17, 15) is 4.79 Å². The molecule has 2 N–H and O–H groups in total. The van der Waals surface area contributed by atoms with E-state index in [1.165, 1.54) is 0 Å². The number of benzene rings is 1. The fourth-order valence-corrected chi connectivity index (χ4v) is 2.37. The van der Waals surface area contributed by atoms with Gasteiger partial charge in [0.15, 0.2) is 0 Å². The molecular formula is C17H27ClN2O. The number of halogens is 1. The highest BCUT2D eigenvalue weighted by Gasteiger charge is 2.32. The molecule has 4 heteroatoms. The lowest BCUT2D eigenvalue weighted by molar-refractivity contribution is -0.135. The van der Waals surface area contributed by atoms with Crippen LogP contribution in [0.2, 0.25) is 5.02 Å². The van der Waals surface area contributed by atoms with E-state index in [-0.39, 0.29) is 11.9 Å². The number of likely N-dealkylation sites (N-methyl/N-ethyl adjacent to an activating group) is 1. The van der Waals surface area contributed by atoms with Crippen molar-refractivity contribution in [2.45, 2.75) is 45.6 Å². The minimum atomic E-state index is -0.568. The maximum absolute atomic E-state index is 12.7. The highest BCUT2D eigenvalue weighted by molar-refractivity contribution is 6.30. The van der Waals surface area contributed by atoms with Crippen molar-refractivity contribution >= 4 is 17.5 Å². The highest BCUT2D eigenvalue weighted by atomic mass is 35.5. The second-order valence-electron chi connectivity index (χ2n) is 6.56. The van der Waals surface area contributed by atoms with Crippen LogP contribution in [0.4, 0.5) is 0 Å². The van der Waals surface area contributed by atoms with Crippen LogP contribution in [0.15, 0.2) is 24.3 Å². The largest absolute Gasteiger partial charge is 0.345 e. The van der Waals surface area contributed by atoms with Gasteiger partial charge in [0.05, 0.1) is 5.41 Å². The van der Waals surface area contributed by atoms with Crippen LogP contribution in [-0.2, 0) is 10.2 Å². The quantitative estimate of drug-likeness (QED) is 0.874. The summed E-state index contributed by atoms with van der Waals surface area (Å²) in [7, 11) is 1.84. The normalized spacial score (nSPS) is 13.3. The molecule has 0 radical (unpaired) electrons. The molecule has 0 bridgehead atoms. The Bertz CT molecular complexity index is 468. The number of nitrogens with zero attached hydrogens (tertiary/aromatic N) is 1. The van der Waals surface area contributed by atoms with Gasteiger partial charge in [-0.05, 0) is 43.9 Å². The van der Waals surface area contributed by atoms with Gasteiger partial charge in [-0.25, -0.2) is 0 Å². The third-order valence-corrected chi connectivity index (χ3v) is 4.35.